The summed E-state index contributed by atoms with van der Waals surface area (Å²) in [6.07, 6.45) is 4.75. The van der Waals surface area contributed by atoms with Crippen molar-refractivity contribution in [2.24, 2.45) is 5.92 Å². The van der Waals surface area contributed by atoms with Crippen molar-refractivity contribution in [3.05, 3.63) is 59.7 Å². The van der Waals surface area contributed by atoms with Crippen LogP contribution in [0.1, 0.15) is 49.8 Å². The highest BCUT2D eigenvalue weighted by Crippen LogP contribution is 2.44. The molecule has 4 aliphatic heterocycles. The summed E-state index contributed by atoms with van der Waals surface area (Å²) in [5.74, 6) is 1.60. The van der Waals surface area contributed by atoms with Crippen molar-refractivity contribution < 1.29 is 13.2 Å². The standard InChI is InChI=1S/C31H44N4O3S/c1-24(32-16-18-33(19-17-32)27-8-4-3-5-9-27)13-20-39(36,37)35-14-6-7-26-23-34-15-12-25-21-28(38-2)10-11-29(25)31(34)22-30(26)35/h3-5,8-11,21,24,26,30-31H,6-7,12-20,22-23H2,1-2H3/t24?,26-,30+,31+/m1/s1. The number of piperazine rings is 1. The van der Waals surface area contributed by atoms with Crippen molar-refractivity contribution >= 4 is 15.7 Å². The van der Waals surface area contributed by atoms with Gasteiger partial charge in [-0.15, -0.1) is 0 Å². The van der Waals surface area contributed by atoms with Crippen molar-refractivity contribution in [2.45, 2.75) is 57.2 Å². The molecule has 2 aromatic carbocycles. The first-order chi connectivity index (χ1) is 18.9. The highest BCUT2D eigenvalue weighted by Gasteiger charge is 2.45. The largest absolute Gasteiger partial charge is 0.497 e. The van der Waals surface area contributed by atoms with E-state index in [1.165, 1.54) is 16.8 Å². The van der Waals surface area contributed by atoms with Crippen molar-refractivity contribution in [2.75, 3.05) is 63.6 Å². The fraction of sp³-hybridized carbons (Fsp3) is 0.613. The molecule has 4 heterocycles. The summed E-state index contributed by atoms with van der Waals surface area (Å²) in [6, 6.07) is 17.7. The van der Waals surface area contributed by atoms with Crippen LogP contribution < -0.4 is 9.64 Å². The van der Waals surface area contributed by atoms with E-state index in [0.717, 1.165) is 70.7 Å². The SMILES string of the molecule is COc1ccc2c(c1)CCN1C[C@H]3CCCN(S(=O)(=O)CCC(C)N4CCN(c5ccccc5)CC4)[C@H]3C[C@@H]21. The highest BCUT2D eigenvalue weighted by molar-refractivity contribution is 7.89. The zero-order valence-corrected chi connectivity index (χ0v) is 24.4. The zero-order valence-electron chi connectivity index (χ0n) is 23.5. The van der Waals surface area contributed by atoms with E-state index >= 15 is 0 Å². The van der Waals surface area contributed by atoms with E-state index in [1.807, 2.05) is 4.31 Å². The van der Waals surface area contributed by atoms with Gasteiger partial charge in [0, 0.05) is 69.6 Å². The van der Waals surface area contributed by atoms with Crippen molar-refractivity contribution in [3.63, 3.8) is 0 Å². The van der Waals surface area contributed by atoms with Crippen LogP contribution in [0.3, 0.4) is 0 Å². The first-order valence-corrected chi connectivity index (χ1v) is 16.5. The quantitative estimate of drug-likeness (QED) is 0.518. The van der Waals surface area contributed by atoms with Crippen LogP contribution in [-0.2, 0) is 16.4 Å². The maximum Gasteiger partial charge on any atom is 0.214 e. The predicted octanol–water partition coefficient (Wildman–Crippen LogP) is 4.01. The minimum Gasteiger partial charge on any atom is -0.497 e. The molecule has 0 saturated carbocycles. The molecule has 6 rings (SSSR count). The number of para-hydroxylation sites is 1. The lowest BCUT2D eigenvalue weighted by molar-refractivity contribution is 0.0219. The van der Waals surface area contributed by atoms with Gasteiger partial charge in [0.25, 0.3) is 0 Å². The molecule has 7 nitrogen and oxygen atoms in total. The topological polar surface area (TPSA) is 56.3 Å². The van der Waals surface area contributed by atoms with E-state index in [-0.39, 0.29) is 17.8 Å². The molecule has 0 amide bonds. The van der Waals surface area contributed by atoms with Gasteiger partial charge in [-0.05, 0) is 80.3 Å². The number of hydrogen-bond acceptors (Lipinski definition) is 6. The number of hydrogen-bond donors (Lipinski definition) is 0. The van der Waals surface area contributed by atoms with E-state index < -0.39 is 10.0 Å². The second kappa shape index (κ2) is 11.4. The van der Waals surface area contributed by atoms with Gasteiger partial charge in [-0.2, -0.15) is 4.31 Å². The van der Waals surface area contributed by atoms with Crippen LogP contribution in [0, 0.1) is 5.92 Å². The third-order valence-corrected chi connectivity index (χ3v) is 11.7. The number of rotatable bonds is 7. The Labute approximate surface area is 234 Å². The number of methoxy groups -OCH3 is 1. The van der Waals surface area contributed by atoms with Crippen LogP contribution >= 0.6 is 0 Å². The normalized spacial score (nSPS) is 27.3. The molecule has 0 bridgehead atoms. The molecular weight excluding hydrogens is 508 g/mol. The lowest BCUT2D eigenvalue weighted by Crippen LogP contribution is -2.58. The van der Waals surface area contributed by atoms with Gasteiger partial charge < -0.3 is 9.64 Å². The number of sulfonamides is 1. The second-order valence-corrected chi connectivity index (χ2v) is 14.0. The molecule has 3 saturated heterocycles. The second-order valence-electron chi connectivity index (χ2n) is 12.0. The number of piperidine rings is 2. The number of benzene rings is 2. The molecule has 212 valence electrons. The lowest BCUT2D eigenvalue weighted by atomic mass is 9.77. The van der Waals surface area contributed by atoms with Crippen molar-refractivity contribution in [1.29, 1.82) is 0 Å². The maximum atomic E-state index is 13.8. The smallest absolute Gasteiger partial charge is 0.214 e. The van der Waals surface area contributed by atoms with E-state index in [4.69, 9.17) is 4.74 Å². The van der Waals surface area contributed by atoms with Crippen LogP contribution in [0.25, 0.3) is 0 Å². The average Bonchev–Trinajstić information content (AvgIpc) is 2.98. The third kappa shape index (κ3) is 5.58. The van der Waals surface area contributed by atoms with Gasteiger partial charge >= 0.3 is 0 Å². The lowest BCUT2D eigenvalue weighted by Gasteiger charge is -2.51. The highest BCUT2D eigenvalue weighted by atomic mass is 32.2. The fourth-order valence-electron chi connectivity index (χ4n) is 7.54. The first-order valence-electron chi connectivity index (χ1n) is 14.9. The Hall–Kier alpha value is -2.13. The Morgan fingerprint density at radius 3 is 2.56 bits per heavy atom. The van der Waals surface area contributed by atoms with E-state index in [1.54, 1.807) is 7.11 Å². The van der Waals surface area contributed by atoms with E-state index in [0.29, 0.717) is 24.9 Å². The summed E-state index contributed by atoms with van der Waals surface area (Å²) in [7, 11) is -1.59. The number of anilines is 1. The molecule has 0 N–H and O–H groups in total. The third-order valence-electron chi connectivity index (χ3n) is 9.83. The summed E-state index contributed by atoms with van der Waals surface area (Å²) in [5, 5.41) is 0. The minimum atomic E-state index is -3.31. The van der Waals surface area contributed by atoms with Gasteiger partial charge in [-0.1, -0.05) is 24.3 Å². The first kappa shape index (κ1) is 27.1. The summed E-state index contributed by atoms with van der Waals surface area (Å²) >= 11 is 0. The van der Waals surface area contributed by atoms with Crippen LogP contribution in [0.4, 0.5) is 5.69 Å². The molecule has 0 spiro atoms. The molecular formula is C31H44N4O3S. The summed E-state index contributed by atoms with van der Waals surface area (Å²) < 4.78 is 35.0. The maximum absolute atomic E-state index is 13.8. The van der Waals surface area contributed by atoms with Crippen LogP contribution in [0.15, 0.2) is 48.5 Å². The van der Waals surface area contributed by atoms with E-state index in [9.17, 15) is 8.42 Å². The van der Waals surface area contributed by atoms with Gasteiger partial charge in [0.05, 0.1) is 12.9 Å². The molecule has 4 aliphatic rings. The van der Waals surface area contributed by atoms with Gasteiger partial charge in [-0.3, -0.25) is 9.80 Å². The Kier molecular flexibility index (Phi) is 7.91. The Morgan fingerprint density at radius 2 is 1.79 bits per heavy atom. The fourth-order valence-corrected chi connectivity index (χ4v) is 9.49. The number of nitrogens with zero attached hydrogens (tertiary/aromatic N) is 4. The summed E-state index contributed by atoms with van der Waals surface area (Å²) in [6.45, 7) is 8.88. The molecule has 0 radical (unpaired) electrons. The van der Waals surface area contributed by atoms with Crippen molar-refractivity contribution in [1.82, 2.24) is 14.1 Å². The molecule has 39 heavy (non-hydrogen) atoms. The minimum absolute atomic E-state index is 0.114. The molecule has 3 fully saturated rings. The number of fused-ring (bicyclic) bond motifs is 4. The average molecular weight is 553 g/mol. The van der Waals surface area contributed by atoms with Crippen LogP contribution in [0.2, 0.25) is 0 Å². The Balaban J connectivity index is 1.09. The molecule has 8 heteroatoms. The molecule has 2 aromatic rings. The van der Waals surface area contributed by atoms with Gasteiger partial charge in [0.15, 0.2) is 0 Å². The van der Waals surface area contributed by atoms with E-state index in [2.05, 4.69) is 70.2 Å². The van der Waals surface area contributed by atoms with Crippen LogP contribution in [-0.4, -0.2) is 93.3 Å². The summed E-state index contributed by atoms with van der Waals surface area (Å²) in [4.78, 5) is 7.52. The van der Waals surface area contributed by atoms with Crippen LogP contribution in [0.5, 0.6) is 5.75 Å². The molecule has 1 unspecified atom stereocenters. The van der Waals surface area contributed by atoms with Gasteiger partial charge in [0.1, 0.15) is 5.75 Å². The number of ether oxygens (including phenoxy) is 1. The zero-order chi connectivity index (χ0) is 27.0. The van der Waals surface area contributed by atoms with Gasteiger partial charge in [-0.25, -0.2) is 8.42 Å². The summed E-state index contributed by atoms with van der Waals surface area (Å²) in [5.41, 5.74) is 4.00. The molecule has 4 atom stereocenters. The molecule has 0 aliphatic carbocycles. The Morgan fingerprint density at radius 1 is 1.00 bits per heavy atom. The van der Waals surface area contributed by atoms with Gasteiger partial charge in [0.2, 0.25) is 10.0 Å². The molecule has 0 aromatic heterocycles. The predicted molar refractivity (Wildman–Crippen MR) is 157 cm³/mol. The Bertz CT molecular complexity index is 1230. The monoisotopic (exact) mass is 552 g/mol. The van der Waals surface area contributed by atoms with Crippen molar-refractivity contribution in [3.8, 4) is 5.75 Å².